The summed E-state index contributed by atoms with van der Waals surface area (Å²) in [6.07, 6.45) is 0.636. The molecule has 0 bridgehead atoms. The predicted octanol–water partition coefficient (Wildman–Crippen LogP) is 1.84. The summed E-state index contributed by atoms with van der Waals surface area (Å²) in [4.78, 5) is 20.2. The minimum atomic E-state index is -3.50. The van der Waals surface area contributed by atoms with Crippen LogP contribution in [0.1, 0.15) is 18.2 Å². The monoisotopic (exact) mass is 438 g/mol. The molecule has 0 spiro atoms. The van der Waals surface area contributed by atoms with E-state index in [0.717, 1.165) is 42.3 Å². The first-order valence-electron chi connectivity index (χ1n) is 9.92. The molecule has 0 saturated carbocycles. The molecule has 1 saturated heterocycles. The number of piperazine rings is 1. The first-order valence-corrected chi connectivity index (χ1v) is 12.2. The molecule has 29 heavy (non-hydrogen) atoms. The fraction of sp³-hybridized carbons (Fsp3) is 0.550. The van der Waals surface area contributed by atoms with Crippen molar-refractivity contribution in [3.63, 3.8) is 0 Å². The minimum absolute atomic E-state index is 0.0784. The normalized spacial score (nSPS) is 16.6. The van der Waals surface area contributed by atoms with Gasteiger partial charge in [-0.3, -0.25) is 9.69 Å². The number of sulfonamides is 1. The van der Waals surface area contributed by atoms with E-state index in [0.29, 0.717) is 29.3 Å². The Hall–Kier alpha value is -1.52. The summed E-state index contributed by atoms with van der Waals surface area (Å²) in [5.74, 6) is 0. The Labute approximate surface area is 177 Å². The Morgan fingerprint density at radius 1 is 1.17 bits per heavy atom. The number of hydrogen-bond acceptors (Lipinski definition) is 6. The van der Waals surface area contributed by atoms with Crippen molar-refractivity contribution < 1.29 is 8.42 Å². The molecule has 0 aliphatic carbocycles. The summed E-state index contributed by atoms with van der Waals surface area (Å²) in [6, 6.07) is 5.40. The van der Waals surface area contributed by atoms with Crippen LogP contribution in [0.25, 0.3) is 10.4 Å². The van der Waals surface area contributed by atoms with Crippen LogP contribution in [-0.4, -0.2) is 80.9 Å². The number of nitrogens with zero attached hydrogens (tertiary/aromatic N) is 3. The highest BCUT2D eigenvalue weighted by Gasteiger charge is 2.30. The molecule has 9 heteroatoms. The molecule has 0 amide bonds. The molecule has 1 aliphatic heterocycles. The highest BCUT2D eigenvalue weighted by atomic mass is 32.2. The van der Waals surface area contributed by atoms with Crippen LogP contribution in [0.3, 0.4) is 0 Å². The molecule has 160 valence electrons. The maximum atomic E-state index is 13.1. The van der Waals surface area contributed by atoms with Gasteiger partial charge in [0, 0.05) is 61.0 Å². The third-order valence-electron chi connectivity index (χ3n) is 5.33. The number of aryl methyl sites for hydroxylation is 2. The van der Waals surface area contributed by atoms with Crippen LogP contribution in [0.4, 0.5) is 0 Å². The Bertz CT molecular complexity index is 1000. The van der Waals surface area contributed by atoms with E-state index in [1.165, 1.54) is 11.3 Å². The van der Waals surface area contributed by atoms with Gasteiger partial charge in [-0.1, -0.05) is 6.92 Å². The van der Waals surface area contributed by atoms with Crippen LogP contribution in [0.15, 0.2) is 27.2 Å². The van der Waals surface area contributed by atoms with Crippen molar-refractivity contribution in [3.05, 3.63) is 39.8 Å². The molecule has 2 aromatic rings. The number of aromatic nitrogens is 1. The third kappa shape index (κ3) is 4.97. The van der Waals surface area contributed by atoms with Gasteiger partial charge in [-0.2, -0.15) is 4.31 Å². The lowest BCUT2D eigenvalue weighted by atomic mass is 10.1. The van der Waals surface area contributed by atoms with Gasteiger partial charge in [-0.15, -0.1) is 11.3 Å². The summed E-state index contributed by atoms with van der Waals surface area (Å²) < 4.78 is 28.2. The predicted molar refractivity (Wildman–Crippen MR) is 118 cm³/mol. The molecule has 1 N–H and O–H groups in total. The van der Waals surface area contributed by atoms with E-state index in [4.69, 9.17) is 0 Å². The molecular weight excluding hydrogens is 408 g/mol. The standard InChI is InChI=1S/C20H30N4O3S2/c1-5-16-14-17(15(2)21-20(16)25)18-6-7-19(28-18)29(26,27)24-12-10-23(11-13-24)9-8-22(3)4/h6-7,14H,5,8-13H2,1-4H3,(H,21,25). The van der Waals surface area contributed by atoms with Crippen molar-refractivity contribution in [1.29, 1.82) is 0 Å². The van der Waals surface area contributed by atoms with Crippen LogP contribution in [-0.2, 0) is 16.4 Å². The summed E-state index contributed by atoms with van der Waals surface area (Å²) in [5.41, 5.74) is 2.27. The molecule has 3 heterocycles. The van der Waals surface area contributed by atoms with E-state index in [1.807, 2.05) is 40.1 Å². The van der Waals surface area contributed by atoms with Gasteiger partial charge in [0.2, 0.25) is 0 Å². The number of pyridine rings is 1. The summed E-state index contributed by atoms with van der Waals surface area (Å²) in [6.45, 7) is 8.24. The van der Waals surface area contributed by atoms with Gasteiger partial charge in [0.1, 0.15) is 4.21 Å². The minimum Gasteiger partial charge on any atom is -0.326 e. The van der Waals surface area contributed by atoms with Crippen LogP contribution in [0, 0.1) is 6.92 Å². The SMILES string of the molecule is CCc1cc(-c2ccc(S(=O)(=O)N3CCN(CCN(C)C)CC3)s2)c(C)[nH]c1=O. The lowest BCUT2D eigenvalue weighted by Crippen LogP contribution is -2.49. The van der Waals surface area contributed by atoms with Gasteiger partial charge in [-0.05, 0) is 45.6 Å². The summed E-state index contributed by atoms with van der Waals surface area (Å²) in [5, 5.41) is 0. The molecule has 1 aliphatic rings. The highest BCUT2D eigenvalue weighted by Crippen LogP contribution is 2.33. The molecule has 3 rings (SSSR count). The molecule has 0 unspecified atom stereocenters. The molecule has 1 fully saturated rings. The Morgan fingerprint density at radius 2 is 1.86 bits per heavy atom. The van der Waals surface area contributed by atoms with E-state index in [-0.39, 0.29) is 5.56 Å². The summed E-state index contributed by atoms with van der Waals surface area (Å²) >= 11 is 1.27. The number of hydrogen-bond donors (Lipinski definition) is 1. The van der Waals surface area contributed by atoms with Crippen molar-refractivity contribution in [1.82, 2.24) is 19.1 Å². The fourth-order valence-electron chi connectivity index (χ4n) is 3.45. The second kappa shape index (κ2) is 9.09. The van der Waals surface area contributed by atoms with E-state index >= 15 is 0 Å². The number of likely N-dealkylation sites (N-methyl/N-ethyl adjacent to an activating group) is 1. The Morgan fingerprint density at radius 3 is 2.48 bits per heavy atom. The Balaban J connectivity index is 1.76. The number of H-pyrrole nitrogens is 1. The third-order valence-corrected chi connectivity index (χ3v) is 8.82. The van der Waals surface area contributed by atoms with Gasteiger partial charge in [0.15, 0.2) is 0 Å². The van der Waals surface area contributed by atoms with E-state index < -0.39 is 10.0 Å². The van der Waals surface area contributed by atoms with Gasteiger partial charge in [0.05, 0.1) is 0 Å². The average Bonchev–Trinajstić information content (AvgIpc) is 3.17. The average molecular weight is 439 g/mol. The lowest BCUT2D eigenvalue weighted by molar-refractivity contribution is 0.175. The van der Waals surface area contributed by atoms with Crippen molar-refractivity contribution in [2.24, 2.45) is 0 Å². The number of rotatable bonds is 7. The van der Waals surface area contributed by atoms with Gasteiger partial charge in [0.25, 0.3) is 15.6 Å². The first kappa shape index (κ1) is 22.2. The molecule has 0 radical (unpaired) electrons. The maximum absolute atomic E-state index is 13.1. The molecule has 2 aromatic heterocycles. The number of aromatic amines is 1. The zero-order valence-corrected chi connectivity index (χ0v) is 19.2. The number of nitrogens with one attached hydrogen (secondary N) is 1. The largest absolute Gasteiger partial charge is 0.326 e. The van der Waals surface area contributed by atoms with Crippen molar-refractivity contribution in [2.75, 3.05) is 53.4 Å². The molecular formula is C20H30N4O3S2. The maximum Gasteiger partial charge on any atom is 0.252 e. The van der Waals surface area contributed by atoms with Crippen LogP contribution >= 0.6 is 11.3 Å². The quantitative estimate of drug-likeness (QED) is 0.714. The van der Waals surface area contributed by atoms with Gasteiger partial charge in [-0.25, -0.2) is 8.42 Å². The van der Waals surface area contributed by atoms with Crippen molar-refractivity contribution >= 4 is 21.4 Å². The number of thiophene rings is 1. The van der Waals surface area contributed by atoms with Gasteiger partial charge >= 0.3 is 0 Å². The first-order chi connectivity index (χ1) is 13.7. The van der Waals surface area contributed by atoms with Crippen LogP contribution in [0.2, 0.25) is 0 Å². The van der Waals surface area contributed by atoms with E-state index in [1.54, 1.807) is 10.4 Å². The van der Waals surface area contributed by atoms with Crippen LogP contribution < -0.4 is 5.56 Å². The highest BCUT2D eigenvalue weighted by molar-refractivity contribution is 7.91. The smallest absolute Gasteiger partial charge is 0.252 e. The molecule has 0 atom stereocenters. The summed E-state index contributed by atoms with van der Waals surface area (Å²) in [7, 11) is 0.591. The second-order valence-electron chi connectivity index (χ2n) is 7.68. The fourth-order valence-corrected chi connectivity index (χ4v) is 6.41. The van der Waals surface area contributed by atoms with Crippen LogP contribution in [0.5, 0.6) is 0 Å². The van der Waals surface area contributed by atoms with E-state index in [9.17, 15) is 13.2 Å². The topological polar surface area (TPSA) is 76.7 Å². The van der Waals surface area contributed by atoms with Crippen molar-refractivity contribution in [2.45, 2.75) is 24.5 Å². The molecule has 7 nitrogen and oxygen atoms in total. The Kier molecular flexibility index (Phi) is 6.95. The zero-order chi connectivity index (χ0) is 21.2. The second-order valence-corrected chi connectivity index (χ2v) is 10.9. The van der Waals surface area contributed by atoms with Gasteiger partial charge < -0.3 is 9.88 Å². The lowest BCUT2D eigenvalue weighted by Gasteiger charge is -2.34. The molecule has 0 aromatic carbocycles. The zero-order valence-electron chi connectivity index (χ0n) is 17.6. The van der Waals surface area contributed by atoms with E-state index in [2.05, 4.69) is 14.8 Å². The van der Waals surface area contributed by atoms with Crippen molar-refractivity contribution in [3.8, 4) is 10.4 Å².